The second-order valence-corrected chi connectivity index (χ2v) is 13.2. The molecule has 8 heteroatoms. The molecular weight excluding hydrogens is 476 g/mol. The maximum absolute atomic E-state index is 13.2. The van der Waals surface area contributed by atoms with Gasteiger partial charge in [0.05, 0.1) is 18.0 Å². The third-order valence-corrected chi connectivity index (χ3v) is 10.3. The number of aliphatic hydroxyl groups is 2. The smallest absolute Gasteiger partial charge is 0.214 e. The van der Waals surface area contributed by atoms with Crippen LogP contribution in [0.25, 0.3) is 0 Å². The number of piperidine rings is 1. The highest BCUT2D eigenvalue weighted by atomic mass is 32.2. The molecule has 0 amide bonds. The maximum Gasteiger partial charge on any atom is 0.214 e. The van der Waals surface area contributed by atoms with Crippen LogP contribution in [0.15, 0.2) is 60.7 Å². The molecule has 4 atom stereocenters. The van der Waals surface area contributed by atoms with Gasteiger partial charge in [-0.3, -0.25) is 9.69 Å². The lowest BCUT2D eigenvalue weighted by atomic mass is 9.53. The Labute approximate surface area is 213 Å². The zero-order valence-corrected chi connectivity index (χ0v) is 21.4. The predicted octanol–water partition coefficient (Wildman–Crippen LogP) is 2.23. The Balaban J connectivity index is 1.51. The van der Waals surface area contributed by atoms with Crippen LogP contribution < -0.4 is 0 Å². The number of carbonyl (C=O) groups excluding carboxylic acids is 1. The van der Waals surface area contributed by atoms with Crippen LogP contribution in [-0.2, 0) is 27.8 Å². The minimum atomic E-state index is -3.45. The van der Waals surface area contributed by atoms with Crippen LogP contribution in [-0.4, -0.2) is 77.8 Å². The topological polar surface area (TPSA) is 98.2 Å². The lowest BCUT2D eigenvalue weighted by molar-refractivity contribution is -0.206. The summed E-state index contributed by atoms with van der Waals surface area (Å²) in [6.45, 7) is 1.77. The van der Waals surface area contributed by atoms with Crippen LogP contribution >= 0.6 is 0 Å². The summed E-state index contributed by atoms with van der Waals surface area (Å²) in [5.41, 5.74) is 0.265. The number of likely N-dealkylation sites (tertiary alicyclic amines) is 1. The van der Waals surface area contributed by atoms with Crippen LogP contribution in [0.5, 0.6) is 0 Å². The van der Waals surface area contributed by atoms with Crippen LogP contribution in [0.2, 0.25) is 0 Å². The molecule has 2 heterocycles. The Bertz CT molecular complexity index is 1170. The molecular formula is C28H36N2O5S. The van der Waals surface area contributed by atoms with E-state index in [1.54, 1.807) is 0 Å². The van der Waals surface area contributed by atoms with Crippen molar-refractivity contribution in [3.05, 3.63) is 71.8 Å². The Morgan fingerprint density at radius 2 is 1.61 bits per heavy atom. The molecule has 2 bridgehead atoms. The molecule has 2 aliphatic heterocycles. The van der Waals surface area contributed by atoms with Crippen LogP contribution in [0.4, 0.5) is 0 Å². The molecule has 3 fully saturated rings. The number of carbonyl (C=O) groups is 1. The monoisotopic (exact) mass is 512 g/mol. The average Bonchev–Trinajstić information content (AvgIpc) is 2.83. The van der Waals surface area contributed by atoms with Gasteiger partial charge in [0, 0.05) is 56.4 Å². The van der Waals surface area contributed by atoms with Crippen LogP contribution in [0, 0.1) is 10.8 Å². The summed E-state index contributed by atoms with van der Waals surface area (Å²) < 4.78 is 26.8. The third kappa shape index (κ3) is 4.89. The lowest BCUT2D eigenvalue weighted by Gasteiger charge is -2.60. The second kappa shape index (κ2) is 9.99. The molecule has 5 rings (SSSR count). The SMILES string of the molecule is O=C1CC2(Cc3ccccc3)CN(Cc3ccccc3)CC([C@H](O)CN3CCCCS3(=O)=O)(C1)[C@@H]2O. The molecule has 2 saturated heterocycles. The molecule has 1 aliphatic carbocycles. The van der Waals surface area contributed by atoms with Gasteiger partial charge in [0.25, 0.3) is 0 Å². The normalized spacial score (nSPS) is 31.7. The van der Waals surface area contributed by atoms with Gasteiger partial charge in [-0.15, -0.1) is 0 Å². The molecule has 36 heavy (non-hydrogen) atoms. The zero-order chi connectivity index (χ0) is 25.4. The molecule has 0 aromatic heterocycles. The average molecular weight is 513 g/mol. The standard InChI is InChI=1S/C28H36N2O5S/c31-24-16-27(15-22-9-3-1-4-10-22)20-29(18-23-11-5-2-6-12-23)21-28(17-24,26(27)33)25(32)19-30-13-7-8-14-36(30,34)35/h1-6,9-12,25-26,32-33H,7-8,13-21H2/t25-,26-,27?,28?/m1/s1. The number of aliphatic hydroxyl groups excluding tert-OH is 2. The number of rotatable bonds is 7. The van der Waals surface area contributed by atoms with Crippen molar-refractivity contribution in [3.8, 4) is 0 Å². The zero-order valence-electron chi connectivity index (χ0n) is 20.6. The molecule has 2 aromatic carbocycles. The van der Waals surface area contributed by atoms with Crippen molar-refractivity contribution < 1.29 is 23.4 Å². The first kappa shape index (κ1) is 25.5. The first-order valence-corrected chi connectivity index (χ1v) is 14.5. The largest absolute Gasteiger partial charge is 0.392 e. The van der Waals surface area contributed by atoms with Gasteiger partial charge in [0.15, 0.2) is 0 Å². The van der Waals surface area contributed by atoms with E-state index in [1.165, 1.54) is 4.31 Å². The highest BCUT2D eigenvalue weighted by Gasteiger charge is 2.62. The van der Waals surface area contributed by atoms with Crippen molar-refractivity contribution in [3.63, 3.8) is 0 Å². The maximum atomic E-state index is 13.2. The van der Waals surface area contributed by atoms with Gasteiger partial charge < -0.3 is 10.2 Å². The molecule has 2 N–H and O–H groups in total. The lowest BCUT2D eigenvalue weighted by Crippen LogP contribution is -2.71. The van der Waals surface area contributed by atoms with E-state index in [1.807, 2.05) is 48.5 Å². The van der Waals surface area contributed by atoms with Gasteiger partial charge in [-0.25, -0.2) is 8.42 Å². The molecule has 0 radical (unpaired) electrons. The minimum Gasteiger partial charge on any atom is -0.392 e. The first-order valence-electron chi connectivity index (χ1n) is 12.9. The molecule has 194 valence electrons. The molecule has 7 nitrogen and oxygen atoms in total. The summed E-state index contributed by atoms with van der Waals surface area (Å²) in [5.74, 6) is 0.0999. The van der Waals surface area contributed by atoms with Crippen LogP contribution in [0.3, 0.4) is 0 Å². The van der Waals surface area contributed by atoms with Crippen molar-refractivity contribution in [1.29, 1.82) is 0 Å². The highest BCUT2D eigenvalue weighted by Crippen LogP contribution is 2.53. The number of nitrogens with zero attached hydrogens (tertiary/aromatic N) is 2. The van der Waals surface area contributed by atoms with E-state index >= 15 is 0 Å². The van der Waals surface area contributed by atoms with Gasteiger partial charge in [-0.1, -0.05) is 60.7 Å². The Morgan fingerprint density at radius 1 is 0.944 bits per heavy atom. The van der Waals surface area contributed by atoms with Crippen molar-refractivity contribution >= 4 is 15.8 Å². The van der Waals surface area contributed by atoms with Gasteiger partial charge in [0.2, 0.25) is 10.0 Å². The number of ketones is 1. The minimum absolute atomic E-state index is 0.0242. The van der Waals surface area contributed by atoms with Crippen LogP contribution in [0.1, 0.15) is 36.8 Å². The molecule has 2 aromatic rings. The molecule has 0 spiro atoms. The molecule has 2 unspecified atom stereocenters. The number of hydrogen-bond donors (Lipinski definition) is 2. The van der Waals surface area contributed by atoms with E-state index in [2.05, 4.69) is 17.0 Å². The van der Waals surface area contributed by atoms with E-state index in [0.29, 0.717) is 39.0 Å². The summed E-state index contributed by atoms with van der Waals surface area (Å²) in [6.07, 6.45) is 0.0825. The van der Waals surface area contributed by atoms with Gasteiger partial charge in [0.1, 0.15) is 5.78 Å². The van der Waals surface area contributed by atoms with Crippen molar-refractivity contribution in [2.45, 2.75) is 50.9 Å². The molecule has 1 saturated carbocycles. The van der Waals surface area contributed by atoms with Crippen molar-refractivity contribution in [2.24, 2.45) is 10.8 Å². The van der Waals surface area contributed by atoms with Gasteiger partial charge >= 0.3 is 0 Å². The summed E-state index contributed by atoms with van der Waals surface area (Å²) in [7, 11) is -3.45. The molecule has 3 aliphatic rings. The summed E-state index contributed by atoms with van der Waals surface area (Å²) in [6, 6.07) is 19.9. The quantitative estimate of drug-likeness (QED) is 0.591. The van der Waals surface area contributed by atoms with Crippen molar-refractivity contribution in [2.75, 3.05) is 31.9 Å². The number of Topliss-reactive ketones (excluding diaryl/α,β-unsaturated/α-hetero) is 1. The summed E-state index contributed by atoms with van der Waals surface area (Å²) in [4.78, 5) is 15.5. The summed E-state index contributed by atoms with van der Waals surface area (Å²) in [5, 5.41) is 23.6. The predicted molar refractivity (Wildman–Crippen MR) is 138 cm³/mol. The number of benzene rings is 2. The summed E-state index contributed by atoms with van der Waals surface area (Å²) >= 11 is 0. The third-order valence-electron chi connectivity index (χ3n) is 8.40. The Hall–Kier alpha value is -2.10. The van der Waals surface area contributed by atoms with E-state index in [9.17, 15) is 23.4 Å². The number of hydrogen-bond acceptors (Lipinski definition) is 6. The second-order valence-electron chi connectivity index (χ2n) is 11.1. The van der Waals surface area contributed by atoms with E-state index in [4.69, 9.17) is 0 Å². The number of β-amino-alcohol motifs (C(OH)–C–C–N with tert-alkyl or cyclic N) is 1. The highest BCUT2D eigenvalue weighted by molar-refractivity contribution is 7.89. The first-order chi connectivity index (χ1) is 17.2. The number of sulfonamides is 1. The fourth-order valence-corrected chi connectivity index (χ4v) is 8.43. The van der Waals surface area contributed by atoms with Crippen molar-refractivity contribution in [1.82, 2.24) is 9.21 Å². The fourth-order valence-electron chi connectivity index (χ4n) is 6.82. The van der Waals surface area contributed by atoms with E-state index in [-0.39, 0.29) is 30.9 Å². The van der Waals surface area contributed by atoms with E-state index in [0.717, 1.165) is 17.5 Å². The van der Waals surface area contributed by atoms with E-state index < -0.39 is 33.1 Å². The fraction of sp³-hybridized carbons (Fsp3) is 0.536. The van der Waals surface area contributed by atoms with Gasteiger partial charge in [-0.05, 0) is 30.4 Å². The number of fused-ring (bicyclic) bond motifs is 2. The Kier molecular flexibility index (Phi) is 7.09. The van der Waals surface area contributed by atoms with Gasteiger partial charge in [-0.2, -0.15) is 4.31 Å². The Morgan fingerprint density at radius 3 is 2.28 bits per heavy atom.